The maximum Gasteiger partial charge on any atom is 0.509 e. The molecule has 0 radical (unpaired) electrons. The molecule has 4 saturated heterocycles. The summed E-state index contributed by atoms with van der Waals surface area (Å²) >= 11 is 0. The monoisotopic (exact) mass is 1190 g/mol. The third kappa shape index (κ3) is 47.2. The molecule has 19 heteroatoms. The molecule has 0 N–H and O–H groups in total. The van der Waals surface area contributed by atoms with Crippen molar-refractivity contribution >= 4 is 12.1 Å². The highest BCUT2D eigenvalue weighted by molar-refractivity contribution is 5.93. The molecule has 5 aliphatic heterocycles. The van der Waals surface area contributed by atoms with E-state index in [1.807, 2.05) is 115 Å². The van der Waals surface area contributed by atoms with Crippen molar-refractivity contribution in [2.45, 2.75) is 242 Å². The Kier molecular flexibility index (Phi) is 37.4. The van der Waals surface area contributed by atoms with E-state index in [0.29, 0.717) is 31.5 Å². The van der Waals surface area contributed by atoms with Crippen LogP contribution in [0.25, 0.3) is 0 Å². The van der Waals surface area contributed by atoms with Crippen molar-refractivity contribution in [3.8, 4) is 0 Å². The van der Waals surface area contributed by atoms with E-state index in [-0.39, 0.29) is 64.7 Å². The van der Waals surface area contributed by atoms with Gasteiger partial charge in [-0.25, -0.2) is 9.59 Å². The van der Waals surface area contributed by atoms with Crippen molar-refractivity contribution < 1.29 is 80.4 Å². The fourth-order valence-electron chi connectivity index (χ4n) is 7.07. The van der Waals surface area contributed by atoms with Crippen molar-refractivity contribution in [1.29, 1.82) is 0 Å². The van der Waals surface area contributed by atoms with Crippen LogP contribution < -0.4 is 0 Å². The second kappa shape index (κ2) is 38.6. The third-order valence-electron chi connectivity index (χ3n) is 11.3. The van der Waals surface area contributed by atoms with Crippen LogP contribution in [0.15, 0.2) is 24.3 Å². The van der Waals surface area contributed by atoms with Crippen LogP contribution in [0, 0.1) is 0 Å². The number of carbonyl (C=O) groups is 2. The van der Waals surface area contributed by atoms with Gasteiger partial charge < -0.3 is 75.7 Å². The molecule has 5 aliphatic rings. The summed E-state index contributed by atoms with van der Waals surface area (Å²) in [6.45, 7) is 56.1. The van der Waals surface area contributed by atoms with Crippen molar-refractivity contribution in [3.05, 3.63) is 35.4 Å². The highest BCUT2D eigenvalue weighted by Crippen LogP contribution is 2.34. The number of rotatable bonds is 17. The van der Waals surface area contributed by atoms with E-state index < -0.39 is 18.2 Å². The van der Waals surface area contributed by atoms with E-state index in [9.17, 15) is 9.59 Å². The number of quaternary nitrogens is 1. The highest BCUT2D eigenvalue weighted by Gasteiger charge is 2.36. The Morgan fingerprint density at radius 3 is 1.70 bits per heavy atom. The Bertz CT molecular complexity index is 1830. The first kappa shape index (κ1) is 80.4. The summed E-state index contributed by atoms with van der Waals surface area (Å²) in [7, 11) is 10.6. The second-order valence-corrected chi connectivity index (χ2v) is 28.3. The van der Waals surface area contributed by atoms with Crippen molar-refractivity contribution in [3.63, 3.8) is 0 Å². The van der Waals surface area contributed by atoms with Gasteiger partial charge in [0.1, 0.15) is 18.8 Å². The van der Waals surface area contributed by atoms with Crippen LogP contribution in [0.3, 0.4) is 0 Å². The Labute approximate surface area is 505 Å². The number of likely N-dealkylation sites (N-methyl/N-ethyl adjacent to an activating group) is 2. The van der Waals surface area contributed by atoms with E-state index in [1.165, 1.54) is 0 Å². The molecule has 5 heterocycles. The minimum absolute atomic E-state index is 0.00765. The molecule has 5 unspecified atom stereocenters. The first-order valence-corrected chi connectivity index (χ1v) is 30.2. The number of esters is 1. The first-order chi connectivity index (χ1) is 37.8. The number of morpholine rings is 1. The number of cyclic esters (lactones) is 3. The lowest BCUT2D eigenvalue weighted by molar-refractivity contribution is -0.871. The highest BCUT2D eigenvalue weighted by atomic mass is 16.8. The molecule has 490 valence electrons. The van der Waals surface area contributed by atoms with Gasteiger partial charge >= 0.3 is 12.1 Å². The molecule has 0 aromatic heterocycles. The van der Waals surface area contributed by atoms with Gasteiger partial charge in [-0.2, -0.15) is 0 Å². The lowest BCUT2D eigenvalue weighted by Crippen LogP contribution is -2.39. The number of hydrogen-bond donors (Lipinski definition) is 0. The topological polar surface area (TPSA) is 170 Å². The predicted molar refractivity (Wildman–Crippen MR) is 329 cm³/mol. The summed E-state index contributed by atoms with van der Waals surface area (Å²) in [6, 6.07) is 7.31. The zero-order valence-corrected chi connectivity index (χ0v) is 57.5. The Balaban J connectivity index is 0.000000951. The van der Waals surface area contributed by atoms with Gasteiger partial charge in [0.05, 0.1) is 120 Å². The van der Waals surface area contributed by atoms with Crippen LogP contribution in [-0.2, 0) is 66.3 Å². The maximum atomic E-state index is 11.5. The SMILES string of the molecule is CC(C)(C)OC1OC(=O)c2ccccc21.CC(C)(C)OCCN1CCOCC1.CC(C)(C)OCC[N+](C)(C)C.CC(C)OC1CCCO1.CC(C)OCC1COC(C)(C)O1.CC1OC(=O)OC1COC(C)(C)C.CN(C)CCOC(C)(C)C. The number of benzene rings is 1. The number of carbonyl (C=O) groups excluding carboxylic acids is 2. The zero-order valence-electron chi connectivity index (χ0n) is 57.5. The van der Waals surface area contributed by atoms with Gasteiger partial charge in [0, 0.05) is 44.8 Å². The largest absolute Gasteiger partial charge is 0.509 e. The normalized spacial score (nSPS) is 21.7. The van der Waals surface area contributed by atoms with Crippen molar-refractivity contribution in [2.24, 2.45) is 0 Å². The van der Waals surface area contributed by atoms with Crippen LogP contribution in [0.2, 0.25) is 0 Å². The molecule has 83 heavy (non-hydrogen) atoms. The lowest BCUT2D eigenvalue weighted by atomic mass is 10.1. The van der Waals surface area contributed by atoms with Crippen LogP contribution in [0.4, 0.5) is 4.79 Å². The quantitative estimate of drug-likeness (QED) is 0.106. The fraction of sp³-hybridized carbons (Fsp3) is 0.875. The minimum Gasteiger partial charge on any atom is -0.428 e. The van der Waals surface area contributed by atoms with Crippen LogP contribution >= 0.6 is 0 Å². The molecular weight excluding hydrogens is 1070 g/mol. The zero-order chi connectivity index (χ0) is 64.0. The second-order valence-electron chi connectivity index (χ2n) is 28.3. The van der Waals surface area contributed by atoms with Crippen LogP contribution in [0.1, 0.15) is 187 Å². The molecule has 0 saturated carbocycles. The summed E-state index contributed by atoms with van der Waals surface area (Å²) < 4.78 is 75.9. The van der Waals surface area contributed by atoms with Gasteiger partial charge in [0.25, 0.3) is 0 Å². The Hall–Kier alpha value is -2.60. The van der Waals surface area contributed by atoms with E-state index >= 15 is 0 Å². The lowest BCUT2D eigenvalue weighted by Gasteiger charge is -2.28. The summed E-state index contributed by atoms with van der Waals surface area (Å²) in [5.74, 6) is -0.731. The van der Waals surface area contributed by atoms with Crippen molar-refractivity contribution in [2.75, 3.05) is 127 Å². The summed E-state index contributed by atoms with van der Waals surface area (Å²) in [4.78, 5) is 26.6. The molecule has 6 rings (SSSR count). The van der Waals surface area contributed by atoms with Gasteiger partial charge in [-0.15, -0.1) is 0 Å². The summed E-state index contributed by atoms with van der Waals surface area (Å²) in [6.07, 6.45) is 1.32. The molecule has 1 aromatic rings. The van der Waals surface area contributed by atoms with Gasteiger partial charge in [-0.3, -0.25) is 4.90 Å². The average Bonchev–Trinajstić information content (AvgIpc) is 4.11. The van der Waals surface area contributed by atoms with Gasteiger partial charge in [0.15, 0.2) is 18.2 Å². The molecule has 0 amide bonds. The van der Waals surface area contributed by atoms with Gasteiger partial charge in [-0.1, -0.05) is 18.2 Å². The molecular formula is C64H124N3O16+. The smallest absolute Gasteiger partial charge is 0.428 e. The first-order valence-electron chi connectivity index (χ1n) is 30.2. The van der Waals surface area contributed by atoms with Gasteiger partial charge in [0.2, 0.25) is 6.29 Å². The van der Waals surface area contributed by atoms with Gasteiger partial charge in [-0.05, 0) is 179 Å². The maximum absolute atomic E-state index is 11.5. The summed E-state index contributed by atoms with van der Waals surface area (Å²) in [5.41, 5.74) is 0.887. The van der Waals surface area contributed by atoms with E-state index in [1.54, 1.807) is 13.0 Å². The van der Waals surface area contributed by atoms with Crippen LogP contribution in [0.5, 0.6) is 0 Å². The molecule has 0 aliphatic carbocycles. The van der Waals surface area contributed by atoms with Crippen LogP contribution in [-0.4, -0.2) is 224 Å². The Morgan fingerprint density at radius 1 is 0.699 bits per heavy atom. The molecule has 0 spiro atoms. The number of nitrogens with zero attached hydrogens (tertiary/aromatic N) is 3. The predicted octanol–water partition coefficient (Wildman–Crippen LogP) is 11.5. The minimum atomic E-state index is -0.602. The Morgan fingerprint density at radius 2 is 1.25 bits per heavy atom. The number of fused-ring (bicyclic) bond motifs is 1. The molecule has 4 fully saturated rings. The van der Waals surface area contributed by atoms with E-state index in [2.05, 4.69) is 93.3 Å². The number of ether oxygens (including phenoxy) is 14. The summed E-state index contributed by atoms with van der Waals surface area (Å²) in [5, 5.41) is 0. The molecule has 5 atom stereocenters. The van der Waals surface area contributed by atoms with E-state index in [0.717, 1.165) is 95.3 Å². The third-order valence-corrected chi connectivity index (χ3v) is 11.3. The molecule has 19 nitrogen and oxygen atoms in total. The number of hydrogen-bond acceptors (Lipinski definition) is 18. The average molecular weight is 1190 g/mol. The fourth-order valence-corrected chi connectivity index (χ4v) is 7.07. The standard InChI is InChI=1S/C12H14O3.C10H21NO2.C9H22NO.C9H16O4.C9H18O3.C8H19NO.C7H14O2/c1-12(2,3)15-11-9-7-5-4-6-8(9)10(13)14-11;1-10(2,3)13-9-6-11-4-7-12-8-5-11;1-9(2,3)11-8-7-10(4,5)6;1-6-7(13-8(10)12-6)5-11-9(2,3)4;1-7(2)10-5-8-6-11-9(3,4)12-8;1-8(2,3)10-7-6-9(4)5;1-6(2)9-7-4-3-5-8-7/h4-7,11H,1-3H3;4-9H2,1-3H3;7-8H2,1-6H3;6-7H,5H2,1-4H3;7-8H,5-6H2,1-4H3;6-7H2,1-5H3;6-7H,3-5H2,1-2H3/q;;+1;;;;. The van der Waals surface area contributed by atoms with Crippen molar-refractivity contribution in [1.82, 2.24) is 9.80 Å². The molecule has 0 bridgehead atoms. The molecule has 1 aromatic carbocycles. The van der Waals surface area contributed by atoms with E-state index in [4.69, 9.17) is 66.3 Å².